The molecule has 0 saturated carbocycles. The molecule has 0 unspecified atom stereocenters. The highest BCUT2D eigenvalue weighted by atomic mass is 16.5. The Morgan fingerprint density at radius 3 is 2.61 bits per heavy atom. The van der Waals surface area contributed by atoms with Crippen molar-refractivity contribution in [1.29, 1.82) is 0 Å². The molecular formula is C16H21N5O2. The molecule has 1 fully saturated rings. The smallest absolute Gasteiger partial charge is 0.257 e. The fraction of sp³-hybridized carbons (Fsp3) is 0.438. The first-order valence-corrected chi connectivity index (χ1v) is 7.78. The lowest BCUT2D eigenvalue weighted by Crippen LogP contribution is -2.44. The summed E-state index contributed by atoms with van der Waals surface area (Å²) in [7, 11) is 0. The molecule has 2 aromatic heterocycles. The maximum absolute atomic E-state index is 5.75. The average molecular weight is 315 g/mol. The minimum absolute atomic E-state index is 0.408. The summed E-state index contributed by atoms with van der Waals surface area (Å²) in [6.45, 7) is 6.48. The zero-order valence-corrected chi connectivity index (χ0v) is 13.2. The first kappa shape index (κ1) is 15.5. The topological polar surface area (TPSA) is 72.4 Å². The molecule has 0 atom stereocenters. The number of rotatable bonds is 6. The van der Waals surface area contributed by atoms with E-state index in [-0.39, 0.29) is 0 Å². The second-order valence-electron chi connectivity index (χ2n) is 5.25. The van der Waals surface area contributed by atoms with Gasteiger partial charge >= 0.3 is 0 Å². The van der Waals surface area contributed by atoms with Gasteiger partial charge in [0.1, 0.15) is 19.0 Å². The predicted molar refractivity (Wildman–Crippen MR) is 87.1 cm³/mol. The van der Waals surface area contributed by atoms with E-state index in [1.807, 2.05) is 19.1 Å². The van der Waals surface area contributed by atoms with Gasteiger partial charge in [-0.05, 0) is 19.1 Å². The van der Waals surface area contributed by atoms with Crippen LogP contribution in [0.2, 0.25) is 0 Å². The quantitative estimate of drug-likeness (QED) is 0.799. The molecule has 122 valence electrons. The summed E-state index contributed by atoms with van der Waals surface area (Å²) in [5.41, 5.74) is 0.967. The van der Waals surface area contributed by atoms with E-state index in [4.69, 9.17) is 9.47 Å². The van der Waals surface area contributed by atoms with Gasteiger partial charge in [-0.1, -0.05) is 0 Å². The van der Waals surface area contributed by atoms with E-state index in [9.17, 15) is 0 Å². The maximum Gasteiger partial charge on any atom is 0.257 e. The Bertz CT molecular complexity index is 614. The summed E-state index contributed by atoms with van der Waals surface area (Å²) >= 11 is 0. The largest absolute Gasteiger partial charge is 0.488 e. The van der Waals surface area contributed by atoms with E-state index in [0.29, 0.717) is 19.1 Å². The van der Waals surface area contributed by atoms with Crippen LogP contribution in [-0.2, 0) is 0 Å². The van der Waals surface area contributed by atoms with Crippen molar-refractivity contribution >= 4 is 5.82 Å². The van der Waals surface area contributed by atoms with Crippen LogP contribution in [0.15, 0.2) is 30.7 Å². The highest BCUT2D eigenvalue weighted by Crippen LogP contribution is 2.22. The van der Waals surface area contributed by atoms with Gasteiger partial charge in [-0.15, -0.1) is 0 Å². The molecule has 0 bridgehead atoms. The monoisotopic (exact) mass is 315 g/mol. The van der Waals surface area contributed by atoms with Gasteiger partial charge in [0.15, 0.2) is 5.82 Å². The second kappa shape index (κ2) is 7.73. The highest BCUT2D eigenvalue weighted by Gasteiger charge is 2.17. The molecule has 2 aromatic rings. The Labute approximate surface area is 135 Å². The van der Waals surface area contributed by atoms with Crippen molar-refractivity contribution in [3.05, 3.63) is 36.4 Å². The maximum atomic E-state index is 5.75. The molecule has 7 nitrogen and oxygen atoms in total. The van der Waals surface area contributed by atoms with Gasteiger partial charge in [0.25, 0.3) is 5.88 Å². The van der Waals surface area contributed by atoms with Crippen LogP contribution in [0.4, 0.5) is 5.82 Å². The third-order valence-corrected chi connectivity index (χ3v) is 3.54. The van der Waals surface area contributed by atoms with Gasteiger partial charge < -0.3 is 19.7 Å². The van der Waals surface area contributed by atoms with Crippen LogP contribution < -0.4 is 19.7 Å². The van der Waals surface area contributed by atoms with Crippen LogP contribution in [-0.4, -0.2) is 54.3 Å². The molecule has 3 rings (SSSR count). The Kier molecular flexibility index (Phi) is 5.21. The Morgan fingerprint density at radius 1 is 1.04 bits per heavy atom. The first-order valence-electron chi connectivity index (χ1n) is 7.78. The van der Waals surface area contributed by atoms with Crippen LogP contribution in [0, 0.1) is 6.92 Å². The number of piperazine rings is 1. The summed E-state index contributed by atoms with van der Waals surface area (Å²) in [5, 5.41) is 3.32. The van der Waals surface area contributed by atoms with Gasteiger partial charge in [-0.3, -0.25) is 4.98 Å². The molecule has 0 aromatic carbocycles. The number of anilines is 1. The zero-order chi connectivity index (χ0) is 15.9. The lowest BCUT2D eigenvalue weighted by Gasteiger charge is -2.28. The number of nitrogens with zero attached hydrogens (tertiary/aromatic N) is 4. The van der Waals surface area contributed by atoms with E-state index < -0.39 is 0 Å². The minimum Gasteiger partial charge on any atom is -0.488 e. The van der Waals surface area contributed by atoms with Crippen LogP contribution in [0.5, 0.6) is 11.6 Å². The van der Waals surface area contributed by atoms with Crippen molar-refractivity contribution in [2.75, 3.05) is 44.3 Å². The number of aryl methyl sites for hydroxylation is 1. The normalized spacial score (nSPS) is 14.6. The van der Waals surface area contributed by atoms with Gasteiger partial charge in [0.05, 0.1) is 6.20 Å². The van der Waals surface area contributed by atoms with Crippen molar-refractivity contribution in [1.82, 2.24) is 20.3 Å². The SMILES string of the molecule is Cc1ccc(OCCOc2nccnc2N2CCNCC2)cn1. The van der Waals surface area contributed by atoms with Crippen LogP contribution in [0.25, 0.3) is 0 Å². The number of ether oxygens (including phenoxy) is 2. The molecule has 7 heteroatoms. The molecule has 1 N–H and O–H groups in total. The van der Waals surface area contributed by atoms with E-state index in [1.165, 1.54) is 0 Å². The summed E-state index contributed by atoms with van der Waals surface area (Å²) in [5.74, 6) is 2.09. The standard InChI is InChI=1S/C16H21N5O2/c1-13-2-3-14(12-20-13)22-10-11-23-16-15(18-4-5-19-16)21-8-6-17-7-9-21/h2-5,12,17H,6-11H2,1H3. The molecule has 3 heterocycles. The summed E-state index contributed by atoms with van der Waals surface area (Å²) < 4.78 is 11.4. The lowest BCUT2D eigenvalue weighted by molar-refractivity contribution is 0.211. The van der Waals surface area contributed by atoms with Gasteiger partial charge in [-0.25, -0.2) is 9.97 Å². The Morgan fingerprint density at radius 2 is 1.83 bits per heavy atom. The van der Waals surface area contributed by atoms with E-state index in [2.05, 4.69) is 25.2 Å². The van der Waals surface area contributed by atoms with Crippen molar-refractivity contribution < 1.29 is 9.47 Å². The zero-order valence-electron chi connectivity index (χ0n) is 13.2. The molecular weight excluding hydrogens is 294 g/mol. The number of nitrogens with one attached hydrogen (secondary N) is 1. The van der Waals surface area contributed by atoms with Gasteiger partial charge in [0.2, 0.25) is 0 Å². The van der Waals surface area contributed by atoms with Gasteiger partial charge in [-0.2, -0.15) is 0 Å². The summed E-state index contributed by atoms with van der Waals surface area (Å²) in [4.78, 5) is 15.1. The molecule has 1 saturated heterocycles. The molecule has 0 spiro atoms. The third-order valence-electron chi connectivity index (χ3n) is 3.54. The second-order valence-corrected chi connectivity index (χ2v) is 5.25. The first-order chi connectivity index (χ1) is 11.3. The number of hydrogen-bond donors (Lipinski definition) is 1. The van der Waals surface area contributed by atoms with Crippen LogP contribution in [0.1, 0.15) is 5.69 Å². The summed E-state index contributed by atoms with van der Waals surface area (Å²) in [6.07, 6.45) is 5.05. The van der Waals surface area contributed by atoms with Crippen molar-refractivity contribution in [3.8, 4) is 11.6 Å². The highest BCUT2D eigenvalue weighted by molar-refractivity contribution is 5.48. The number of pyridine rings is 1. The minimum atomic E-state index is 0.408. The molecule has 0 amide bonds. The summed E-state index contributed by atoms with van der Waals surface area (Å²) in [6, 6.07) is 3.82. The lowest BCUT2D eigenvalue weighted by atomic mass is 10.3. The molecule has 1 aliphatic rings. The van der Waals surface area contributed by atoms with E-state index in [0.717, 1.165) is 43.4 Å². The molecule has 1 aliphatic heterocycles. The van der Waals surface area contributed by atoms with E-state index >= 15 is 0 Å². The van der Waals surface area contributed by atoms with E-state index in [1.54, 1.807) is 18.6 Å². The number of aromatic nitrogens is 3. The Balaban J connectivity index is 1.52. The van der Waals surface area contributed by atoms with Gasteiger partial charge in [0, 0.05) is 44.3 Å². The fourth-order valence-electron chi connectivity index (χ4n) is 2.35. The van der Waals surface area contributed by atoms with Crippen LogP contribution >= 0.6 is 0 Å². The number of hydrogen-bond acceptors (Lipinski definition) is 7. The fourth-order valence-corrected chi connectivity index (χ4v) is 2.35. The molecule has 23 heavy (non-hydrogen) atoms. The average Bonchev–Trinajstić information content (AvgIpc) is 2.61. The van der Waals surface area contributed by atoms with Crippen molar-refractivity contribution in [2.45, 2.75) is 6.92 Å². The van der Waals surface area contributed by atoms with Crippen molar-refractivity contribution in [2.24, 2.45) is 0 Å². The van der Waals surface area contributed by atoms with Crippen molar-refractivity contribution in [3.63, 3.8) is 0 Å². The predicted octanol–water partition coefficient (Wildman–Crippen LogP) is 1.05. The third kappa shape index (κ3) is 4.29. The van der Waals surface area contributed by atoms with Crippen LogP contribution in [0.3, 0.4) is 0 Å². The molecule has 0 aliphatic carbocycles. The molecule has 0 radical (unpaired) electrons. The Hall–Kier alpha value is -2.41.